The molecular weight excluding hydrogens is 205 g/mol. The maximum absolute atomic E-state index is 12.1. The van der Waals surface area contributed by atoms with Crippen molar-refractivity contribution >= 4 is 25.3 Å². The average Bonchev–Trinajstić information content (AvgIpc) is 1.92. The Balaban J connectivity index is 3.23. The van der Waals surface area contributed by atoms with E-state index in [-0.39, 0.29) is 9.79 Å². The van der Waals surface area contributed by atoms with E-state index >= 15 is 0 Å². The molecule has 0 spiro atoms. The van der Waals surface area contributed by atoms with Gasteiger partial charge in [0.25, 0.3) is 0 Å². The third kappa shape index (κ3) is 2.10. The first-order valence-corrected chi connectivity index (χ1v) is 3.90. The van der Waals surface area contributed by atoms with Crippen LogP contribution in [0.15, 0.2) is 28.0 Å². The van der Waals surface area contributed by atoms with Crippen LogP contribution in [0.3, 0.4) is 0 Å². The zero-order chi connectivity index (χ0) is 9.35. The summed E-state index contributed by atoms with van der Waals surface area (Å²) in [6.07, 6.45) is -4.35. The normalized spacial score (nSPS) is 11.8. The Morgan fingerprint density at radius 3 is 2.08 bits per heavy atom. The fraction of sp³-hybridized carbons (Fsp3) is 0.143. The standard InChI is InChI=1S/C7H5F3S2/c8-7(9,10)5-3-4(11)1-2-6(5)12/h1-3,11-12H. The Kier molecular flexibility index (Phi) is 2.63. The van der Waals surface area contributed by atoms with E-state index in [0.717, 1.165) is 6.07 Å². The van der Waals surface area contributed by atoms with Crippen LogP contribution < -0.4 is 0 Å². The predicted octanol–water partition coefficient (Wildman–Crippen LogP) is 3.28. The summed E-state index contributed by atoms with van der Waals surface area (Å²) in [5, 5.41) is 0. The first-order valence-electron chi connectivity index (χ1n) is 3.00. The second-order valence-corrected chi connectivity index (χ2v) is 3.20. The number of hydrogen-bond donors (Lipinski definition) is 2. The number of alkyl halides is 3. The molecule has 0 N–H and O–H groups in total. The van der Waals surface area contributed by atoms with Gasteiger partial charge in [0, 0.05) is 9.79 Å². The summed E-state index contributed by atoms with van der Waals surface area (Å²) in [6, 6.07) is 3.68. The van der Waals surface area contributed by atoms with Gasteiger partial charge in [-0.1, -0.05) is 0 Å². The van der Waals surface area contributed by atoms with E-state index in [0.29, 0.717) is 0 Å². The molecule has 0 fully saturated rings. The van der Waals surface area contributed by atoms with Crippen molar-refractivity contribution in [1.29, 1.82) is 0 Å². The van der Waals surface area contributed by atoms with E-state index in [1.54, 1.807) is 0 Å². The van der Waals surface area contributed by atoms with Crippen LogP contribution in [0, 0.1) is 0 Å². The van der Waals surface area contributed by atoms with Crippen LogP contribution in [0.1, 0.15) is 5.56 Å². The van der Waals surface area contributed by atoms with Gasteiger partial charge in [0.15, 0.2) is 0 Å². The molecule has 0 heterocycles. The first kappa shape index (κ1) is 9.80. The maximum Gasteiger partial charge on any atom is 0.417 e. The molecule has 12 heavy (non-hydrogen) atoms. The number of hydrogen-bond acceptors (Lipinski definition) is 2. The summed E-state index contributed by atoms with van der Waals surface area (Å²) in [5.41, 5.74) is -0.752. The summed E-state index contributed by atoms with van der Waals surface area (Å²) >= 11 is 7.48. The third-order valence-electron chi connectivity index (χ3n) is 1.29. The molecule has 0 amide bonds. The van der Waals surface area contributed by atoms with Crippen molar-refractivity contribution in [1.82, 2.24) is 0 Å². The van der Waals surface area contributed by atoms with Gasteiger partial charge in [-0.2, -0.15) is 13.2 Å². The highest BCUT2D eigenvalue weighted by molar-refractivity contribution is 7.80. The Bertz CT molecular complexity index is 293. The Morgan fingerprint density at radius 1 is 1.08 bits per heavy atom. The van der Waals surface area contributed by atoms with Crippen molar-refractivity contribution in [3.05, 3.63) is 23.8 Å². The lowest BCUT2D eigenvalue weighted by Gasteiger charge is -2.09. The smallest absolute Gasteiger partial charge is 0.166 e. The van der Waals surface area contributed by atoms with E-state index in [1.807, 2.05) is 0 Å². The maximum atomic E-state index is 12.1. The van der Waals surface area contributed by atoms with Crippen LogP contribution in [0.4, 0.5) is 13.2 Å². The van der Waals surface area contributed by atoms with Crippen molar-refractivity contribution in [3.63, 3.8) is 0 Å². The highest BCUT2D eigenvalue weighted by atomic mass is 32.1. The lowest BCUT2D eigenvalue weighted by Crippen LogP contribution is -2.05. The van der Waals surface area contributed by atoms with Gasteiger partial charge in [-0.25, -0.2) is 0 Å². The quantitative estimate of drug-likeness (QED) is 0.603. The van der Waals surface area contributed by atoms with Crippen molar-refractivity contribution in [3.8, 4) is 0 Å². The van der Waals surface area contributed by atoms with Crippen molar-refractivity contribution in [2.24, 2.45) is 0 Å². The molecule has 0 unspecified atom stereocenters. The molecule has 0 aliphatic heterocycles. The molecule has 1 rings (SSSR count). The van der Waals surface area contributed by atoms with Crippen LogP contribution in [-0.4, -0.2) is 0 Å². The van der Waals surface area contributed by atoms with Crippen LogP contribution in [0.5, 0.6) is 0 Å². The van der Waals surface area contributed by atoms with Crippen LogP contribution >= 0.6 is 25.3 Å². The lowest BCUT2D eigenvalue weighted by atomic mass is 10.2. The summed E-state index contributed by atoms with van der Waals surface area (Å²) in [6.45, 7) is 0. The summed E-state index contributed by atoms with van der Waals surface area (Å²) in [7, 11) is 0. The van der Waals surface area contributed by atoms with Gasteiger partial charge >= 0.3 is 6.18 Å². The molecule has 0 aliphatic carbocycles. The van der Waals surface area contributed by atoms with E-state index in [1.165, 1.54) is 12.1 Å². The summed E-state index contributed by atoms with van der Waals surface area (Å²) < 4.78 is 36.4. The zero-order valence-corrected chi connectivity index (χ0v) is 7.55. The topological polar surface area (TPSA) is 0 Å². The average molecular weight is 210 g/mol. The highest BCUT2D eigenvalue weighted by Crippen LogP contribution is 2.34. The van der Waals surface area contributed by atoms with Crippen molar-refractivity contribution in [2.45, 2.75) is 16.0 Å². The minimum absolute atomic E-state index is 0.0831. The molecule has 0 bridgehead atoms. The van der Waals surface area contributed by atoms with Crippen LogP contribution in [0.25, 0.3) is 0 Å². The molecule has 0 radical (unpaired) electrons. The van der Waals surface area contributed by atoms with Gasteiger partial charge in [-0.15, -0.1) is 25.3 Å². The first-order chi connectivity index (χ1) is 5.41. The van der Waals surface area contributed by atoms with Gasteiger partial charge in [-0.3, -0.25) is 0 Å². The van der Waals surface area contributed by atoms with Gasteiger partial charge in [-0.05, 0) is 18.2 Å². The number of halogens is 3. The Morgan fingerprint density at radius 2 is 1.67 bits per heavy atom. The molecule has 1 aromatic rings. The molecule has 1 aromatic carbocycles. The molecule has 66 valence electrons. The molecule has 0 aromatic heterocycles. The molecule has 5 heteroatoms. The van der Waals surface area contributed by atoms with E-state index in [9.17, 15) is 13.2 Å². The predicted molar refractivity (Wildman–Crippen MR) is 45.9 cm³/mol. The van der Waals surface area contributed by atoms with Gasteiger partial charge in [0.2, 0.25) is 0 Å². The monoisotopic (exact) mass is 210 g/mol. The van der Waals surface area contributed by atoms with Crippen LogP contribution in [0.2, 0.25) is 0 Å². The third-order valence-corrected chi connectivity index (χ3v) is 1.95. The van der Waals surface area contributed by atoms with E-state index < -0.39 is 11.7 Å². The fourth-order valence-electron chi connectivity index (χ4n) is 0.751. The molecule has 0 saturated heterocycles. The lowest BCUT2D eigenvalue weighted by molar-refractivity contribution is -0.139. The molecule has 0 aliphatic rings. The second kappa shape index (κ2) is 3.22. The molecule has 0 atom stereocenters. The fourth-order valence-corrected chi connectivity index (χ4v) is 1.22. The number of rotatable bonds is 0. The largest absolute Gasteiger partial charge is 0.417 e. The zero-order valence-electron chi connectivity index (χ0n) is 5.76. The van der Waals surface area contributed by atoms with Gasteiger partial charge < -0.3 is 0 Å². The van der Waals surface area contributed by atoms with Crippen molar-refractivity contribution < 1.29 is 13.2 Å². The minimum Gasteiger partial charge on any atom is -0.166 e. The van der Waals surface area contributed by atoms with E-state index in [4.69, 9.17) is 0 Å². The number of thiol groups is 2. The van der Waals surface area contributed by atoms with Crippen LogP contribution in [-0.2, 0) is 6.18 Å². The minimum atomic E-state index is -4.35. The number of benzene rings is 1. The Hall–Kier alpha value is -0.290. The molecular formula is C7H5F3S2. The highest BCUT2D eigenvalue weighted by Gasteiger charge is 2.32. The molecule has 0 nitrogen and oxygen atoms in total. The summed E-state index contributed by atoms with van der Waals surface area (Å²) in [4.78, 5) is 0.195. The second-order valence-electron chi connectivity index (χ2n) is 2.20. The van der Waals surface area contributed by atoms with E-state index in [2.05, 4.69) is 25.3 Å². The van der Waals surface area contributed by atoms with Crippen molar-refractivity contribution in [2.75, 3.05) is 0 Å². The molecule has 0 saturated carbocycles. The Labute approximate surface area is 78.6 Å². The van der Waals surface area contributed by atoms with Gasteiger partial charge in [0.05, 0.1) is 5.56 Å². The SMILES string of the molecule is FC(F)(F)c1cc(S)ccc1S. The van der Waals surface area contributed by atoms with Gasteiger partial charge in [0.1, 0.15) is 0 Å². The summed E-state index contributed by atoms with van der Waals surface area (Å²) in [5.74, 6) is 0.